The predicted octanol–water partition coefficient (Wildman–Crippen LogP) is 5.49. The maximum atomic E-state index is 13.2. The quantitative estimate of drug-likeness (QED) is 0.207. The van der Waals surface area contributed by atoms with Crippen LogP contribution >= 0.6 is 0 Å². The third-order valence-corrected chi connectivity index (χ3v) is 6.46. The molecule has 3 heterocycles. The van der Waals surface area contributed by atoms with Crippen LogP contribution in [0.25, 0.3) is 5.76 Å². The number of aromatic nitrogens is 1. The molecule has 0 bridgehead atoms. The van der Waals surface area contributed by atoms with Crippen molar-refractivity contribution in [2.75, 3.05) is 0 Å². The Morgan fingerprint density at radius 2 is 1.70 bits per heavy atom. The number of pyridine rings is 1. The molecule has 1 aliphatic heterocycles. The Bertz CT molecular complexity index is 1470. The average Bonchev–Trinajstić information content (AvgIpc) is 3.45. The first-order chi connectivity index (χ1) is 17.9. The van der Waals surface area contributed by atoms with Crippen LogP contribution in [0.3, 0.4) is 0 Å². The molecule has 0 radical (unpaired) electrons. The molecular formula is C30H26N2O5. The smallest absolute Gasteiger partial charge is 0.296 e. The summed E-state index contributed by atoms with van der Waals surface area (Å²) in [5.41, 5.74) is 3.42. The van der Waals surface area contributed by atoms with E-state index < -0.39 is 17.7 Å². The molecule has 1 saturated heterocycles. The van der Waals surface area contributed by atoms with Gasteiger partial charge < -0.3 is 19.2 Å². The lowest BCUT2D eigenvalue weighted by atomic mass is 9.99. The number of carbonyl (C=O) groups excluding carboxylic acids is 2. The molecule has 5 rings (SSSR count). The zero-order chi connectivity index (χ0) is 25.9. The predicted molar refractivity (Wildman–Crippen MR) is 137 cm³/mol. The number of nitrogens with zero attached hydrogens (tertiary/aromatic N) is 2. The molecule has 2 aromatic heterocycles. The molecule has 0 saturated carbocycles. The van der Waals surface area contributed by atoms with Crippen molar-refractivity contribution in [3.63, 3.8) is 0 Å². The van der Waals surface area contributed by atoms with Crippen LogP contribution in [-0.4, -0.2) is 26.7 Å². The molecule has 7 nitrogen and oxygen atoms in total. The first-order valence-corrected chi connectivity index (χ1v) is 11.9. The van der Waals surface area contributed by atoms with Crippen molar-refractivity contribution in [1.82, 2.24) is 9.88 Å². The number of carbonyl (C=O) groups is 2. The van der Waals surface area contributed by atoms with Gasteiger partial charge in [-0.1, -0.05) is 24.3 Å². The van der Waals surface area contributed by atoms with E-state index in [1.54, 1.807) is 67.8 Å². The maximum Gasteiger partial charge on any atom is 0.296 e. The number of aliphatic hydroxyl groups is 1. The Hall–Kier alpha value is -4.65. The Balaban J connectivity index is 1.46. The van der Waals surface area contributed by atoms with Gasteiger partial charge in [0, 0.05) is 24.5 Å². The van der Waals surface area contributed by atoms with E-state index in [0.29, 0.717) is 29.4 Å². The van der Waals surface area contributed by atoms with Crippen molar-refractivity contribution < 1.29 is 23.8 Å². The first kappa shape index (κ1) is 24.1. The molecule has 37 heavy (non-hydrogen) atoms. The molecule has 4 aromatic rings. The summed E-state index contributed by atoms with van der Waals surface area (Å²) in [6.07, 6.45) is 3.25. The van der Waals surface area contributed by atoms with E-state index in [4.69, 9.17) is 9.15 Å². The van der Waals surface area contributed by atoms with Crippen molar-refractivity contribution in [3.8, 4) is 5.75 Å². The van der Waals surface area contributed by atoms with Crippen LogP contribution in [-0.2, 0) is 22.7 Å². The van der Waals surface area contributed by atoms with Gasteiger partial charge >= 0.3 is 0 Å². The number of hydrogen-bond acceptors (Lipinski definition) is 6. The molecule has 7 heteroatoms. The van der Waals surface area contributed by atoms with Crippen molar-refractivity contribution in [1.29, 1.82) is 0 Å². The van der Waals surface area contributed by atoms with E-state index in [1.807, 2.05) is 31.2 Å². The summed E-state index contributed by atoms with van der Waals surface area (Å²) in [6.45, 7) is 4.39. The Morgan fingerprint density at radius 3 is 2.38 bits per heavy atom. The van der Waals surface area contributed by atoms with Gasteiger partial charge in [0.15, 0.2) is 0 Å². The van der Waals surface area contributed by atoms with Crippen LogP contribution in [0.1, 0.15) is 39.8 Å². The van der Waals surface area contributed by atoms with Gasteiger partial charge in [0.1, 0.15) is 35.7 Å². The SMILES string of the molecule is Cc1ccc([C@@H]2C(=C(O)c3ccc(OCc4ccccc4C)cc3)C(=O)C(=O)N2Cc2ccncc2)o1. The van der Waals surface area contributed by atoms with Gasteiger partial charge in [-0.3, -0.25) is 14.6 Å². The highest BCUT2D eigenvalue weighted by atomic mass is 16.5. The Labute approximate surface area is 214 Å². The van der Waals surface area contributed by atoms with Crippen LogP contribution in [0, 0.1) is 13.8 Å². The van der Waals surface area contributed by atoms with Crippen molar-refractivity contribution in [3.05, 3.63) is 125 Å². The fourth-order valence-electron chi connectivity index (χ4n) is 4.42. The van der Waals surface area contributed by atoms with Gasteiger partial charge in [0.2, 0.25) is 0 Å². The Kier molecular flexibility index (Phi) is 6.60. The highest BCUT2D eigenvalue weighted by molar-refractivity contribution is 6.46. The summed E-state index contributed by atoms with van der Waals surface area (Å²) in [7, 11) is 0. The molecule has 1 atom stereocenters. The first-order valence-electron chi connectivity index (χ1n) is 11.9. The number of furan rings is 1. The normalized spacial score (nSPS) is 16.8. The van der Waals surface area contributed by atoms with E-state index in [9.17, 15) is 14.7 Å². The largest absolute Gasteiger partial charge is 0.507 e. The molecular weight excluding hydrogens is 468 g/mol. The topological polar surface area (TPSA) is 92.9 Å². The van der Waals surface area contributed by atoms with Gasteiger partial charge in [-0.15, -0.1) is 0 Å². The zero-order valence-corrected chi connectivity index (χ0v) is 20.5. The number of Topliss-reactive ketones (excluding diaryl/α,β-unsaturated/α-hetero) is 1. The van der Waals surface area contributed by atoms with Crippen LogP contribution < -0.4 is 4.74 Å². The molecule has 2 aromatic carbocycles. The molecule has 0 aliphatic carbocycles. The van der Waals surface area contributed by atoms with Gasteiger partial charge in [0.25, 0.3) is 11.7 Å². The molecule has 0 unspecified atom stereocenters. The van der Waals surface area contributed by atoms with E-state index >= 15 is 0 Å². The highest BCUT2D eigenvalue weighted by Gasteiger charge is 2.47. The minimum atomic E-state index is -0.862. The standard InChI is InChI=1S/C30H26N2O5/c1-19-5-3-4-6-23(19)18-36-24-10-8-22(9-11-24)28(33)26-27(25-12-7-20(2)37-25)32(30(35)29(26)34)17-21-13-15-31-16-14-21/h3-16,27,33H,17-18H2,1-2H3/t27-/m1/s1. The van der Waals surface area contributed by atoms with Gasteiger partial charge in [-0.2, -0.15) is 0 Å². The molecule has 1 amide bonds. The number of rotatable bonds is 7. The minimum absolute atomic E-state index is 0.0121. The van der Waals surface area contributed by atoms with Gasteiger partial charge in [-0.25, -0.2) is 0 Å². The third kappa shape index (κ3) is 4.89. The second kappa shape index (κ2) is 10.1. The van der Waals surface area contributed by atoms with Gasteiger partial charge in [0.05, 0.1) is 5.57 Å². The number of aliphatic hydroxyl groups excluding tert-OH is 1. The van der Waals surface area contributed by atoms with Crippen LogP contribution in [0.2, 0.25) is 0 Å². The van der Waals surface area contributed by atoms with Crippen molar-refractivity contribution >= 4 is 17.4 Å². The highest BCUT2D eigenvalue weighted by Crippen LogP contribution is 2.41. The summed E-state index contributed by atoms with van der Waals surface area (Å²) in [6, 6.07) is 21.0. The summed E-state index contributed by atoms with van der Waals surface area (Å²) in [5.74, 6) is -0.0533. The van der Waals surface area contributed by atoms with Crippen LogP contribution in [0.4, 0.5) is 0 Å². The average molecular weight is 495 g/mol. The summed E-state index contributed by atoms with van der Waals surface area (Å²) >= 11 is 0. The zero-order valence-electron chi connectivity index (χ0n) is 20.5. The number of hydrogen-bond donors (Lipinski definition) is 1. The molecule has 0 spiro atoms. The second-order valence-electron chi connectivity index (χ2n) is 8.97. The summed E-state index contributed by atoms with van der Waals surface area (Å²) in [4.78, 5) is 31.7. The van der Waals surface area contributed by atoms with Crippen molar-refractivity contribution in [2.45, 2.75) is 33.0 Å². The fourth-order valence-corrected chi connectivity index (χ4v) is 4.42. The summed E-state index contributed by atoms with van der Waals surface area (Å²) < 4.78 is 11.7. The molecule has 1 N–H and O–H groups in total. The second-order valence-corrected chi connectivity index (χ2v) is 8.97. The van der Waals surface area contributed by atoms with E-state index in [-0.39, 0.29) is 17.9 Å². The van der Waals surface area contributed by atoms with Gasteiger partial charge in [-0.05, 0) is 79.1 Å². The maximum absolute atomic E-state index is 13.2. The Morgan fingerprint density at radius 1 is 0.973 bits per heavy atom. The number of ether oxygens (including phenoxy) is 1. The molecule has 1 fully saturated rings. The molecule has 1 aliphatic rings. The number of aryl methyl sites for hydroxylation is 2. The number of ketones is 1. The van der Waals surface area contributed by atoms with E-state index in [2.05, 4.69) is 4.98 Å². The third-order valence-electron chi connectivity index (χ3n) is 6.46. The minimum Gasteiger partial charge on any atom is -0.507 e. The van der Waals surface area contributed by atoms with Crippen LogP contribution in [0.15, 0.2) is 95.2 Å². The van der Waals surface area contributed by atoms with E-state index in [0.717, 1.165) is 16.7 Å². The summed E-state index contributed by atoms with van der Waals surface area (Å²) in [5, 5.41) is 11.3. The van der Waals surface area contributed by atoms with E-state index in [1.165, 1.54) is 4.90 Å². The monoisotopic (exact) mass is 494 g/mol. The van der Waals surface area contributed by atoms with Crippen molar-refractivity contribution in [2.24, 2.45) is 0 Å². The number of benzene rings is 2. The lowest BCUT2D eigenvalue weighted by Crippen LogP contribution is -2.29. The molecule has 186 valence electrons. The lowest BCUT2D eigenvalue weighted by molar-refractivity contribution is -0.140. The van der Waals surface area contributed by atoms with Crippen LogP contribution in [0.5, 0.6) is 5.75 Å². The number of likely N-dealkylation sites (tertiary alicyclic amines) is 1. The fraction of sp³-hybridized carbons (Fsp3) is 0.167. The number of amides is 1. The lowest BCUT2D eigenvalue weighted by Gasteiger charge is -2.23.